The maximum absolute atomic E-state index is 3.81. The molecule has 0 amide bonds. The third-order valence-corrected chi connectivity index (χ3v) is 1.22. The van der Waals surface area contributed by atoms with E-state index in [9.17, 15) is 0 Å². The van der Waals surface area contributed by atoms with Crippen LogP contribution in [0.3, 0.4) is 0 Å². The molecule has 1 heterocycles. The third kappa shape index (κ3) is 4.65. The van der Waals surface area contributed by atoms with Crippen molar-refractivity contribution in [2.24, 2.45) is 0 Å². The van der Waals surface area contributed by atoms with E-state index in [-0.39, 0.29) is 40.0 Å². The zero-order chi connectivity index (χ0) is 5.98. The number of aromatic nitrogens is 1. The predicted octanol–water partition coefficient (Wildman–Crippen LogP) is -1.42. The van der Waals surface area contributed by atoms with E-state index >= 15 is 0 Å². The topological polar surface area (TPSA) is 12.9 Å². The predicted molar refractivity (Wildman–Crippen MR) is 41.3 cm³/mol. The summed E-state index contributed by atoms with van der Waals surface area (Å²) in [5.74, 6) is 0. The van der Waals surface area contributed by atoms with Gasteiger partial charge in [-0.1, -0.05) is 39.7 Å². The summed E-state index contributed by atoms with van der Waals surface area (Å²) < 4.78 is 1.01. The molecule has 0 unspecified atom stereocenters. The van der Waals surface area contributed by atoms with Gasteiger partial charge in [0, 0.05) is 0 Å². The van der Waals surface area contributed by atoms with E-state index in [1.54, 1.807) is 6.20 Å². The quantitative estimate of drug-likeness (QED) is 0.418. The van der Waals surface area contributed by atoms with Gasteiger partial charge in [-0.05, 0) is 0 Å². The molecule has 1 nitrogen and oxygen atoms in total. The molecule has 50 valence electrons. The Bertz CT molecular complexity index is 176. The zero-order valence-corrected chi connectivity index (χ0v) is 10.2. The van der Waals surface area contributed by atoms with E-state index in [2.05, 4.69) is 27.1 Å². The molecule has 0 spiro atoms. The van der Waals surface area contributed by atoms with Crippen molar-refractivity contribution in [3.8, 4) is 0 Å². The van der Waals surface area contributed by atoms with Gasteiger partial charge >= 0.3 is 23.1 Å². The molecule has 0 N–H and O–H groups in total. The summed E-state index contributed by atoms with van der Waals surface area (Å²) in [6.45, 7) is 1.96. The van der Waals surface area contributed by atoms with E-state index < -0.39 is 0 Å². The Labute approximate surface area is 95.7 Å². The van der Waals surface area contributed by atoms with Gasteiger partial charge in [0.05, 0.1) is 0 Å². The van der Waals surface area contributed by atoms with Crippen molar-refractivity contribution < 1.29 is 17.0 Å². The Morgan fingerprint density at radius 2 is 2.20 bits per heavy atom. The molecule has 10 heavy (non-hydrogen) atoms. The van der Waals surface area contributed by atoms with Crippen molar-refractivity contribution in [2.45, 2.75) is 6.92 Å². The van der Waals surface area contributed by atoms with E-state index in [4.69, 9.17) is 0 Å². The Kier molecular flexibility index (Phi) is 8.86. The smallest absolute Gasteiger partial charge is 1.00 e. The first-order valence-electron chi connectivity index (χ1n) is 2.29. The largest absolute Gasteiger partial charge is 2.00 e. The number of pyridine rings is 1. The number of halogens is 2. The Morgan fingerprint density at radius 1 is 1.60 bits per heavy atom. The van der Waals surface area contributed by atoms with Gasteiger partial charge in [-0.3, -0.25) is 0 Å². The molecule has 1 aromatic heterocycles. The van der Waals surface area contributed by atoms with Crippen molar-refractivity contribution in [1.29, 1.82) is 0 Å². The minimum absolute atomic E-state index is 0. The third-order valence-electron chi connectivity index (χ3n) is 0.783. The summed E-state index contributed by atoms with van der Waals surface area (Å²) in [5, 5.41) is 0. The SMILES string of the molecule is Cc1[c-]ncc(Br)c1.[Br-].[Mg+2]. The summed E-state index contributed by atoms with van der Waals surface area (Å²) in [6, 6.07) is 1.97. The van der Waals surface area contributed by atoms with Crippen LogP contribution in [0.1, 0.15) is 5.56 Å². The molecule has 0 bridgehead atoms. The molecule has 0 saturated carbocycles. The average Bonchev–Trinajstić information content (AvgIpc) is 1.64. The van der Waals surface area contributed by atoms with Gasteiger partial charge in [-0.15, -0.1) is 5.56 Å². The van der Waals surface area contributed by atoms with Gasteiger partial charge in [0.15, 0.2) is 0 Å². The monoisotopic (exact) mass is 273 g/mol. The number of hydrogen-bond acceptors (Lipinski definition) is 1. The van der Waals surface area contributed by atoms with Crippen LogP contribution in [0.5, 0.6) is 0 Å². The fourth-order valence-corrected chi connectivity index (χ4v) is 0.918. The second-order valence-corrected chi connectivity index (χ2v) is 2.50. The van der Waals surface area contributed by atoms with Crippen molar-refractivity contribution in [1.82, 2.24) is 4.98 Å². The normalized spacial score (nSPS) is 7.40. The number of aryl methyl sites for hydroxylation is 1. The molecular weight excluding hydrogens is 270 g/mol. The number of rotatable bonds is 0. The standard InChI is InChI=1S/C6H5BrN.BrH.Mg/c1-5-2-6(7)4-8-3-5;;/h2,4H,1H3;1H;/q-1;;+2/p-1. The maximum atomic E-state index is 3.81. The summed E-state index contributed by atoms with van der Waals surface area (Å²) in [5.41, 5.74) is 1.05. The molecule has 0 radical (unpaired) electrons. The molecule has 0 aliphatic carbocycles. The van der Waals surface area contributed by atoms with Crippen LogP contribution in [0.4, 0.5) is 0 Å². The summed E-state index contributed by atoms with van der Waals surface area (Å²) in [6.07, 6.45) is 4.51. The van der Waals surface area contributed by atoms with Crippen molar-refractivity contribution >= 4 is 39.0 Å². The van der Waals surface area contributed by atoms with Gasteiger partial charge in [0.2, 0.25) is 0 Å². The van der Waals surface area contributed by atoms with Crippen LogP contribution in [0.15, 0.2) is 16.7 Å². The molecule has 0 saturated heterocycles. The van der Waals surface area contributed by atoms with Gasteiger partial charge in [-0.25, -0.2) is 0 Å². The van der Waals surface area contributed by atoms with Gasteiger partial charge in [0.1, 0.15) is 0 Å². The molecule has 0 aromatic carbocycles. The zero-order valence-electron chi connectivity index (χ0n) is 5.56. The molecule has 0 atom stereocenters. The molecular formula is C6H5Br2MgN. The van der Waals surface area contributed by atoms with E-state index in [1.807, 2.05) is 13.0 Å². The summed E-state index contributed by atoms with van der Waals surface area (Å²) in [7, 11) is 0. The van der Waals surface area contributed by atoms with Crippen molar-refractivity contribution in [3.63, 3.8) is 0 Å². The van der Waals surface area contributed by atoms with E-state index in [0.717, 1.165) is 10.0 Å². The van der Waals surface area contributed by atoms with Crippen LogP contribution in [-0.2, 0) is 0 Å². The van der Waals surface area contributed by atoms with Crippen molar-refractivity contribution in [3.05, 3.63) is 28.5 Å². The first-order valence-corrected chi connectivity index (χ1v) is 3.08. The van der Waals surface area contributed by atoms with E-state index in [0.29, 0.717) is 0 Å². The van der Waals surface area contributed by atoms with Crippen LogP contribution >= 0.6 is 15.9 Å². The molecule has 1 rings (SSSR count). The van der Waals surface area contributed by atoms with Crippen molar-refractivity contribution in [2.75, 3.05) is 0 Å². The number of hydrogen-bond donors (Lipinski definition) is 0. The van der Waals surface area contributed by atoms with E-state index in [1.165, 1.54) is 0 Å². The second-order valence-electron chi connectivity index (χ2n) is 1.58. The first kappa shape index (κ1) is 13.5. The van der Waals surface area contributed by atoms with Crippen LogP contribution in [-0.4, -0.2) is 28.0 Å². The maximum Gasteiger partial charge on any atom is 2.00 e. The minimum atomic E-state index is 0. The minimum Gasteiger partial charge on any atom is -1.00 e. The Morgan fingerprint density at radius 3 is 2.50 bits per heavy atom. The summed E-state index contributed by atoms with van der Waals surface area (Å²) in [4.78, 5) is 3.81. The summed E-state index contributed by atoms with van der Waals surface area (Å²) >= 11 is 3.28. The molecule has 0 aliphatic heterocycles. The fourth-order valence-electron chi connectivity index (χ4n) is 0.472. The van der Waals surface area contributed by atoms with Gasteiger partial charge < -0.3 is 22.0 Å². The van der Waals surface area contributed by atoms with Crippen LogP contribution < -0.4 is 17.0 Å². The van der Waals surface area contributed by atoms with Gasteiger partial charge in [0.25, 0.3) is 0 Å². The molecule has 0 fully saturated rings. The van der Waals surface area contributed by atoms with Crippen LogP contribution in [0.2, 0.25) is 0 Å². The number of nitrogens with zero attached hydrogens (tertiary/aromatic N) is 1. The fraction of sp³-hybridized carbons (Fsp3) is 0.167. The van der Waals surface area contributed by atoms with Gasteiger partial charge in [-0.2, -0.15) is 6.07 Å². The molecule has 4 heteroatoms. The molecule has 1 aromatic rings. The Balaban J connectivity index is 0. The molecule has 0 aliphatic rings. The van der Waals surface area contributed by atoms with Crippen LogP contribution in [0.25, 0.3) is 0 Å². The average molecular weight is 275 g/mol. The first-order chi connectivity index (χ1) is 3.79. The van der Waals surface area contributed by atoms with Crippen LogP contribution in [0, 0.1) is 13.1 Å². The Hall–Kier alpha value is 0.876. The second kappa shape index (κ2) is 6.58.